The van der Waals surface area contributed by atoms with E-state index >= 15 is 0 Å². The van der Waals surface area contributed by atoms with Crippen LogP contribution in [-0.4, -0.2) is 17.0 Å². The van der Waals surface area contributed by atoms with E-state index in [2.05, 4.69) is 93.4 Å². The first kappa shape index (κ1) is 19.1. The molecule has 4 aromatic rings. The minimum Gasteiger partial charge on any atom is -0.355 e. The summed E-state index contributed by atoms with van der Waals surface area (Å²) in [5, 5.41) is 1.07. The number of hydrogen-bond acceptors (Lipinski definition) is 3. The number of aromatic nitrogens is 2. The molecule has 0 unspecified atom stereocenters. The molecule has 0 amide bonds. The molecule has 0 aliphatic rings. The van der Waals surface area contributed by atoms with Gasteiger partial charge in [0.1, 0.15) is 5.82 Å². The first-order chi connectivity index (χ1) is 13.9. The molecule has 1 aromatic heterocycles. The smallest absolute Gasteiger partial charge is 0.162 e. The summed E-state index contributed by atoms with van der Waals surface area (Å²) < 4.78 is 0. The average molecular weight is 382 g/mol. The second-order valence-electron chi connectivity index (χ2n) is 8.56. The Bertz CT molecular complexity index is 1110. The van der Waals surface area contributed by atoms with Gasteiger partial charge in [-0.2, -0.15) is 0 Å². The Kier molecular flexibility index (Phi) is 5.06. The van der Waals surface area contributed by atoms with Crippen molar-refractivity contribution in [3.8, 4) is 11.4 Å². The molecule has 1 heterocycles. The molecule has 0 N–H and O–H groups in total. The Morgan fingerprint density at radius 1 is 0.759 bits per heavy atom. The zero-order chi connectivity index (χ0) is 20.4. The van der Waals surface area contributed by atoms with Crippen LogP contribution in [0.25, 0.3) is 22.3 Å². The highest BCUT2D eigenvalue weighted by Crippen LogP contribution is 2.29. The molecular formula is C26H27N3. The fraction of sp³-hybridized carbons (Fsp3) is 0.231. The molecular weight excluding hydrogens is 354 g/mol. The van der Waals surface area contributed by atoms with Crippen molar-refractivity contribution in [3.05, 3.63) is 90.0 Å². The summed E-state index contributed by atoms with van der Waals surface area (Å²) in [5.41, 5.74) is 4.70. The van der Waals surface area contributed by atoms with Crippen molar-refractivity contribution in [2.75, 3.05) is 11.9 Å². The van der Waals surface area contributed by atoms with Crippen LogP contribution < -0.4 is 4.90 Å². The lowest BCUT2D eigenvalue weighted by Crippen LogP contribution is -2.18. The molecule has 0 aliphatic carbocycles. The maximum atomic E-state index is 4.97. The highest BCUT2D eigenvalue weighted by atomic mass is 15.2. The van der Waals surface area contributed by atoms with Crippen LogP contribution in [0.3, 0.4) is 0 Å². The fourth-order valence-corrected chi connectivity index (χ4v) is 3.53. The third-order valence-electron chi connectivity index (χ3n) is 5.22. The molecule has 0 aliphatic heterocycles. The van der Waals surface area contributed by atoms with Crippen LogP contribution in [-0.2, 0) is 12.0 Å². The summed E-state index contributed by atoms with van der Waals surface area (Å²) >= 11 is 0. The van der Waals surface area contributed by atoms with Crippen LogP contribution in [0, 0.1) is 0 Å². The van der Waals surface area contributed by atoms with Gasteiger partial charge >= 0.3 is 0 Å². The van der Waals surface area contributed by atoms with E-state index < -0.39 is 0 Å². The topological polar surface area (TPSA) is 29.0 Å². The van der Waals surface area contributed by atoms with Gasteiger partial charge in [0.15, 0.2) is 5.82 Å². The summed E-state index contributed by atoms with van der Waals surface area (Å²) in [6.07, 6.45) is 0. The van der Waals surface area contributed by atoms with Gasteiger partial charge in [0.25, 0.3) is 0 Å². The summed E-state index contributed by atoms with van der Waals surface area (Å²) in [7, 11) is 2.09. The van der Waals surface area contributed by atoms with Crippen molar-refractivity contribution in [1.82, 2.24) is 9.97 Å². The van der Waals surface area contributed by atoms with E-state index in [9.17, 15) is 0 Å². The van der Waals surface area contributed by atoms with Gasteiger partial charge < -0.3 is 4.90 Å². The molecule has 0 bridgehead atoms. The average Bonchev–Trinajstić information content (AvgIpc) is 2.73. The Morgan fingerprint density at radius 2 is 1.41 bits per heavy atom. The van der Waals surface area contributed by atoms with E-state index in [1.807, 2.05) is 18.2 Å². The van der Waals surface area contributed by atoms with E-state index in [1.54, 1.807) is 0 Å². The van der Waals surface area contributed by atoms with Crippen molar-refractivity contribution < 1.29 is 0 Å². The van der Waals surface area contributed by atoms with Crippen molar-refractivity contribution in [1.29, 1.82) is 0 Å². The van der Waals surface area contributed by atoms with Crippen LogP contribution in [0.4, 0.5) is 5.82 Å². The van der Waals surface area contributed by atoms with Crippen molar-refractivity contribution in [3.63, 3.8) is 0 Å². The van der Waals surface area contributed by atoms with Gasteiger partial charge in [-0.1, -0.05) is 87.5 Å². The fourth-order valence-electron chi connectivity index (χ4n) is 3.53. The molecule has 0 saturated carbocycles. The highest BCUT2D eigenvalue weighted by Gasteiger charge is 2.16. The monoisotopic (exact) mass is 381 g/mol. The summed E-state index contributed by atoms with van der Waals surface area (Å²) in [5.74, 6) is 1.72. The van der Waals surface area contributed by atoms with Crippen LogP contribution in [0.1, 0.15) is 31.9 Å². The molecule has 3 heteroatoms. The molecule has 0 fully saturated rings. The second-order valence-corrected chi connectivity index (χ2v) is 8.56. The first-order valence-electron chi connectivity index (χ1n) is 10.0. The minimum absolute atomic E-state index is 0.129. The normalized spacial score (nSPS) is 11.6. The Hall–Kier alpha value is -3.20. The van der Waals surface area contributed by atoms with Crippen LogP contribution in [0.15, 0.2) is 78.9 Å². The molecule has 146 valence electrons. The molecule has 0 atom stereocenters. The molecule has 4 rings (SSSR count). The summed E-state index contributed by atoms with van der Waals surface area (Å²) in [6, 6.07) is 27.3. The van der Waals surface area contributed by atoms with Gasteiger partial charge in [-0.05, 0) is 28.7 Å². The second kappa shape index (κ2) is 7.67. The number of hydrogen-bond donors (Lipinski definition) is 0. The number of para-hydroxylation sites is 1. The number of anilines is 1. The molecule has 0 saturated heterocycles. The molecule has 3 nitrogen and oxygen atoms in total. The van der Waals surface area contributed by atoms with Crippen LogP contribution in [0.2, 0.25) is 0 Å². The lowest BCUT2D eigenvalue weighted by molar-refractivity contribution is 0.590. The number of fused-ring (bicyclic) bond motifs is 1. The maximum Gasteiger partial charge on any atom is 0.162 e. The Balaban J connectivity index is 1.76. The molecule has 0 radical (unpaired) electrons. The summed E-state index contributed by atoms with van der Waals surface area (Å²) in [6.45, 7) is 7.48. The van der Waals surface area contributed by atoms with Crippen LogP contribution in [0.5, 0.6) is 0 Å². The van der Waals surface area contributed by atoms with Crippen molar-refractivity contribution >= 4 is 16.7 Å². The van der Waals surface area contributed by atoms with E-state index in [0.717, 1.165) is 34.7 Å². The van der Waals surface area contributed by atoms with E-state index in [1.165, 1.54) is 11.1 Å². The van der Waals surface area contributed by atoms with Crippen molar-refractivity contribution in [2.45, 2.75) is 32.7 Å². The summed E-state index contributed by atoms with van der Waals surface area (Å²) in [4.78, 5) is 12.0. The Morgan fingerprint density at radius 3 is 2.10 bits per heavy atom. The molecule has 29 heavy (non-hydrogen) atoms. The van der Waals surface area contributed by atoms with Gasteiger partial charge in [-0.25, -0.2) is 9.97 Å². The predicted octanol–water partition coefficient (Wildman–Crippen LogP) is 6.23. The quantitative estimate of drug-likeness (QED) is 0.419. The standard InChI is InChI=1S/C26H27N3/c1-26(2,3)21-16-14-20(15-17-21)24-27-23-13-9-8-12-22(23)25(28-24)29(4)18-19-10-6-5-7-11-19/h5-17H,18H2,1-4H3. The van der Waals surface area contributed by atoms with E-state index in [4.69, 9.17) is 9.97 Å². The van der Waals surface area contributed by atoms with Gasteiger partial charge in [0, 0.05) is 24.5 Å². The van der Waals surface area contributed by atoms with Gasteiger partial charge in [-0.3, -0.25) is 0 Å². The highest BCUT2D eigenvalue weighted by molar-refractivity contribution is 5.91. The Labute approximate surface area is 173 Å². The largest absolute Gasteiger partial charge is 0.355 e. The molecule has 3 aromatic carbocycles. The maximum absolute atomic E-state index is 4.97. The minimum atomic E-state index is 0.129. The zero-order valence-corrected chi connectivity index (χ0v) is 17.6. The predicted molar refractivity (Wildman–Crippen MR) is 122 cm³/mol. The number of rotatable bonds is 4. The molecule has 0 spiro atoms. The van der Waals surface area contributed by atoms with Gasteiger partial charge in [-0.15, -0.1) is 0 Å². The van der Waals surface area contributed by atoms with Crippen LogP contribution >= 0.6 is 0 Å². The third-order valence-corrected chi connectivity index (χ3v) is 5.22. The third kappa shape index (κ3) is 4.14. The lowest BCUT2D eigenvalue weighted by Gasteiger charge is -2.21. The lowest BCUT2D eigenvalue weighted by atomic mass is 9.87. The zero-order valence-electron chi connectivity index (χ0n) is 17.6. The van der Waals surface area contributed by atoms with Gasteiger partial charge in [0.2, 0.25) is 0 Å². The van der Waals surface area contributed by atoms with Crippen molar-refractivity contribution in [2.24, 2.45) is 0 Å². The number of benzene rings is 3. The SMILES string of the molecule is CN(Cc1ccccc1)c1nc(-c2ccc(C(C)(C)C)cc2)nc2ccccc12. The van der Waals surface area contributed by atoms with E-state index in [-0.39, 0.29) is 5.41 Å². The first-order valence-corrected chi connectivity index (χ1v) is 10.0. The number of nitrogens with zero attached hydrogens (tertiary/aromatic N) is 3. The van der Waals surface area contributed by atoms with E-state index in [0.29, 0.717) is 0 Å². The van der Waals surface area contributed by atoms with Gasteiger partial charge in [0.05, 0.1) is 5.52 Å².